The van der Waals surface area contributed by atoms with Gasteiger partial charge in [0.25, 0.3) is 11.8 Å². The molecule has 2 aromatic rings. The maximum absolute atomic E-state index is 12.6. The lowest BCUT2D eigenvalue weighted by molar-refractivity contribution is -0.145. The molecule has 124 valence electrons. The van der Waals surface area contributed by atoms with Gasteiger partial charge < -0.3 is 4.74 Å². The van der Waals surface area contributed by atoms with Gasteiger partial charge in [-0.3, -0.25) is 14.5 Å². The first-order valence-corrected chi connectivity index (χ1v) is 8.36. The fraction of sp³-hybridized carbons (Fsp3) is 0.294. The molecule has 6 nitrogen and oxygen atoms in total. The Morgan fingerprint density at radius 1 is 1.25 bits per heavy atom. The van der Waals surface area contributed by atoms with E-state index in [0.29, 0.717) is 17.5 Å². The van der Waals surface area contributed by atoms with Gasteiger partial charge in [0, 0.05) is 5.38 Å². The highest BCUT2D eigenvalue weighted by Crippen LogP contribution is 2.26. The Balaban J connectivity index is 1.85. The highest BCUT2D eigenvalue weighted by atomic mass is 32.1. The molecule has 2 amide bonds. The molecule has 1 aromatic heterocycles. The average Bonchev–Trinajstić information content (AvgIpc) is 3.11. The molecule has 1 aliphatic heterocycles. The summed E-state index contributed by atoms with van der Waals surface area (Å²) in [7, 11) is 1.25. The van der Waals surface area contributed by atoms with Crippen molar-refractivity contribution >= 4 is 29.1 Å². The molecule has 1 aliphatic rings. The first-order chi connectivity index (χ1) is 11.5. The van der Waals surface area contributed by atoms with Crippen LogP contribution >= 0.6 is 11.3 Å². The third-order valence-corrected chi connectivity index (χ3v) is 4.77. The van der Waals surface area contributed by atoms with Crippen molar-refractivity contribution in [2.24, 2.45) is 0 Å². The van der Waals surface area contributed by atoms with Gasteiger partial charge in [-0.05, 0) is 31.9 Å². The fourth-order valence-electron chi connectivity index (χ4n) is 2.79. The number of thiazole rings is 1. The Labute approximate surface area is 143 Å². The van der Waals surface area contributed by atoms with Gasteiger partial charge in [0.05, 0.1) is 28.9 Å². The molecule has 0 saturated carbocycles. The molecule has 0 radical (unpaired) electrons. The van der Waals surface area contributed by atoms with Gasteiger partial charge in [-0.25, -0.2) is 9.78 Å². The van der Waals surface area contributed by atoms with E-state index in [-0.39, 0.29) is 6.42 Å². The van der Waals surface area contributed by atoms with Crippen LogP contribution in [0.15, 0.2) is 29.6 Å². The first-order valence-electron chi connectivity index (χ1n) is 7.48. The van der Waals surface area contributed by atoms with Crippen LogP contribution in [0.1, 0.15) is 37.8 Å². The number of hydrogen-bond donors (Lipinski definition) is 0. The Bertz CT molecular complexity index is 779. The molecular weight excluding hydrogens is 328 g/mol. The minimum Gasteiger partial charge on any atom is -0.467 e. The summed E-state index contributed by atoms with van der Waals surface area (Å²) in [6, 6.07) is 5.61. The van der Waals surface area contributed by atoms with Gasteiger partial charge >= 0.3 is 5.97 Å². The van der Waals surface area contributed by atoms with Crippen LogP contribution in [0, 0.1) is 6.92 Å². The summed E-state index contributed by atoms with van der Waals surface area (Å²) in [6.07, 6.45) is 0.763. The summed E-state index contributed by atoms with van der Waals surface area (Å²) in [5.74, 6) is -1.52. The van der Waals surface area contributed by atoms with Crippen molar-refractivity contribution in [3.63, 3.8) is 0 Å². The molecule has 0 N–H and O–H groups in total. The molecule has 3 rings (SSSR count). The SMILES string of the molecule is COC(=O)C(CCc1csc(C)n1)N1C(=O)c2ccccc2C1=O. The highest BCUT2D eigenvalue weighted by molar-refractivity contribution is 7.09. The van der Waals surface area contributed by atoms with E-state index < -0.39 is 23.8 Å². The lowest BCUT2D eigenvalue weighted by Crippen LogP contribution is -2.45. The molecular formula is C17H16N2O4S. The van der Waals surface area contributed by atoms with Crippen LogP contribution in [0.2, 0.25) is 0 Å². The van der Waals surface area contributed by atoms with E-state index in [4.69, 9.17) is 4.74 Å². The Hall–Kier alpha value is -2.54. The highest BCUT2D eigenvalue weighted by Gasteiger charge is 2.42. The predicted molar refractivity (Wildman–Crippen MR) is 87.9 cm³/mol. The Morgan fingerprint density at radius 2 is 1.88 bits per heavy atom. The number of imide groups is 1. The lowest BCUT2D eigenvalue weighted by atomic mass is 10.1. The second-order valence-electron chi connectivity index (χ2n) is 5.46. The van der Waals surface area contributed by atoms with E-state index in [1.54, 1.807) is 24.3 Å². The van der Waals surface area contributed by atoms with Crippen LogP contribution < -0.4 is 0 Å². The van der Waals surface area contributed by atoms with E-state index in [1.807, 2.05) is 12.3 Å². The number of fused-ring (bicyclic) bond motifs is 1. The number of esters is 1. The van der Waals surface area contributed by atoms with Crippen molar-refractivity contribution in [3.8, 4) is 0 Å². The summed E-state index contributed by atoms with van der Waals surface area (Å²) in [6.45, 7) is 1.90. The largest absolute Gasteiger partial charge is 0.467 e. The smallest absolute Gasteiger partial charge is 0.329 e. The second-order valence-corrected chi connectivity index (χ2v) is 6.52. The number of nitrogens with zero attached hydrogens (tertiary/aromatic N) is 2. The first kappa shape index (κ1) is 16.3. The number of carbonyl (C=O) groups is 3. The van der Waals surface area contributed by atoms with Gasteiger partial charge in [-0.1, -0.05) is 12.1 Å². The van der Waals surface area contributed by atoms with Crippen molar-refractivity contribution < 1.29 is 19.1 Å². The molecule has 1 unspecified atom stereocenters. The van der Waals surface area contributed by atoms with Crippen LogP contribution in [0.3, 0.4) is 0 Å². The minimum atomic E-state index is -0.954. The summed E-state index contributed by atoms with van der Waals surface area (Å²) < 4.78 is 4.81. The van der Waals surface area contributed by atoms with Gasteiger partial charge in [-0.2, -0.15) is 0 Å². The van der Waals surface area contributed by atoms with Crippen molar-refractivity contribution in [3.05, 3.63) is 51.5 Å². The molecule has 0 aliphatic carbocycles. The van der Waals surface area contributed by atoms with E-state index in [2.05, 4.69) is 4.98 Å². The number of amides is 2. The Morgan fingerprint density at radius 3 is 2.38 bits per heavy atom. The number of carbonyl (C=O) groups excluding carboxylic acids is 3. The van der Waals surface area contributed by atoms with E-state index >= 15 is 0 Å². The number of benzene rings is 1. The third-order valence-electron chi connectivity index (χ3n) is 3.95. The summed E-state index contributed by atoms with van der Waals surface area (Å²) in [4.78, 5) is 42.7. The van der Waals surface area contributed by atoms with Crippen LogP contribution in [-0.2, 0) is 16.0 Å². The summed E-state index contributed by atoms with van der Waals surface area (Å²) in [5, 5.41) is 2.84. The third kappa shape index (κ3) is 2.82. The number of aromatic nitrogens is 1. The van der Waals surface area contributed by atoms with E-state index in [1.165, 1.54) is 18.4 Å². The van der Waals surface area contributed by atoms with E-state index in [0.717, 1.165) is 15.6 Å². The minimum absolute atomic E-state index is 0.279. The second kappa shape index (κ2) is 6.52. The fourth-order valence-corrected chi connectivity index (χ4v) is 3.43. The summed E-state index contributed by atoms with van der Waals surface area (Å²) >= 11 is 1.52. The monoisotopic (exact) mass is 344 g/mol. The standard InChI is InChI=1S/C17H16N2O4S/c1-10-18-11(9-24-10)7-8-14(17(22)23-2)19-15(20)12-5-3-4-6-13(12)16(19)21/h3-6,9,14H,7-8H2,1-2H3. The zero-order valence-corrected chi connectivity index (χ0v) is 14.1. The maximum atomic E-state index is 12.6. The van der Waals surface area contributed by atoms with Gasteiger partial charge in [0.1, 0.15) is 6.04 Å². The van der Waals surface area contributed by atoms with Crippen LogP contribution in [-0.4, -0.2) is 40.8 Å². The summed E-state index contributed by atoms with van der Waals surface area (Å²) in [5.41, 5.74) is 1.48. The molecule has 24 heavy (non-hydrogen) atoms. The van der Waals surface area contributed by atoms with Gasteiger partial charge in [0.15, 0.2) is 0 Å². The zero-order valence-electron chi connectivity index (χ0n) is 13.3. The molecule has 0 fully saturated rings. The van der Waals surface area contributed by atoms with Crippen molar-refractivity contribution in [2.45, 2.75) is 25.8 Å². The number of aryl methyl sites for hydroxylation is 2. The van der Waals surface area contributed by atoms with Gasteiger partial charge in [-0.15, -0.1) is 11.3 Å². The van der Waals surface area contributed by atoms with Crippen molar-refractivity contribution in [2.75, 3.05) is 7.11 Å². The Kier molecular flexibility index (Phi) is 4.44. The predicted octanol–water partition coefficient (Wildman–Crippen LogP) is 2.22. The van der Waals surface area contributed by atoms with Gasteiger partial charge in [0.2, 0.25) is 0 Å². The number of hydrogen-bond acceptors (Lipinski definition) is 6. The van der Waals surface area contributed by atoms with E-state index in [9.17, 15) is 14.4 Å². The molecule has 7 heteroatoms. The van der Waals surface area contributed by atoms with Crippen molar-refractivity contribution in [1.82, 2.24) is 9.88 Å². The molecule has 0 saturated heterocycles. The average molecular weight is 344 g/mol. The molecule has 1 atom stereocenters. The van der Waals surface area contributed by atoms with Crippen LogP contribution in [0.25, 0.3) is 0 Å². The van der Waals surface area contributed by atoms with Crippen LogP contribution in [0.4, 0.5) is 0 Å². The zero-order chi connectivity index (χ0) is 17.3. The number of methoxy groups -OCH3 is 1. The molecule has 0 spiro atoms. The molecule has 1 aromatic carbocycles. The quantitative estimate of drug-likeness (QED) is 0.614. The molecule has 0 bridgehead atoms. The normalized spacial score (nSPS) is 14.7. The molecule has 2 heterocycles. The maximum Gasteiger partial charge on any atom is 0.329 e. The van der Waals surface area contributed by atoms with Crippen molar-refractivity contribution in [1.29, 1.82) is 0 Å². The number of rotatable bonds is 5. The lowest BCUT2D eigenvalue weighted by Gasteiger charge is -2.23. The van der Waals surface area contributed by atoms with Crippen LogP contribution in [0.5, 0.6) is 0 Å². The topological polar surface area (TPSA) is 76.6 Å². The number of ether oxygens (including phenoxy) is 1.